The van der Waals surface area contributed by atoms with Gasteiger partial charge in [-0.15, -0.1) is 8.20 Å². The number of rotatable bonds is 4. The van der Waals surface area contributed by atoms with Crippen molar-refractivity contribution in [3.05, 3.63) is 0 Å². The van der Waals surface area contributed by atoms with Crippen molar-refractivity contribution >= 4 is 29.0 Å². The SMILES string of the molecule is C=PCC(O)C(O)P=C. The molecular weight excluding hydrogens is 154 g/mol. The van der Waals surface area contributed by atoms with E-state index in [0.29, 0.717) is 14.4 Å². The molecule has 0 amide bonds. The Balaban J connectivity index is 3.56. The zero-order chi connectivity index (χ0) is 7.28. The fraction of sp³-hybridized carbons (Fsp3) is 0.600. The molecular formula is C5H10O2P2. The van der Waals surface area contributed by atoms with Crippen LogP contribution in [-0.2, 0) is 0 Å². The van der Waals surface area contributed by atoms with Crippen molar-refractivity contribution in [1.82, 2.24) is 0 Å². The first-order chi connectivity index (χ1) is 4.22. The molecule has 0 aromatic rings. The standard InChI is InChI=1S/C5H10O2P2/c1-8-3-4(6)5(7)9-2/h4-7H,1-3H2. The molecule has 2 N–H and O–H groups in total. The summed E-state index contributed by atoms with van der Waals surface area (Å²) in [6.45, 7) is 0. The van der Waals surface area contributed by atoms with Crippen molar-refractivity contribution in [1.29, 1.82) is 0 Å². The molecule has 0 aliphatic carbocycles. The molecule has 0 radical (unpaired) electrons. The van der Waals surface area contributed by atoms with Gasteiger partial charge in [0.25, 0.3) is 0 Å². The van der Waals surface area contributed by atoms with Crippen LogP contribution in [0.3, 0.4) is 0 Å². The van der Waals surface area contributed by atoms with Crippen molar-refractivity contribution in [2.45, 2.75) is 11.9 Å². The molecule has 0 aromatic carbocycles. The number of hydrogen-bond acceptors (Lipinski definition) is 2. The molecule has 0 aliphatic heterocycles. The second-order valence-corrected chi connectivity index (χ2v) is 3.28. The summed E-state index contributed by atoms with van der Waals surface area (Å²) < 4.78 is 0. The van der Waals surface area contributed by atoms with E-state index in [0.717, 1.165) is 8.20 Å². The van der Waals surface area contributed by atoms with Gasteiger partial charge in [0.05, 0.1) is 6.10 Å². The maximum atomic E-state index is 8.97. The Bertz CT molecular complexity index is 105. The number of hydrogen-bond donors (Lipinski definition) is 2. The van der Waals surface area contributed by atoms with Crippen LogP contribution in [0.5, 0.6) is 0 Å². The molecule has 2 atom stereocenters. The first-order valence-corrected chi connectivity index (χ1v) is 4.88. The predicted octanol–water partition coefficient (Wildman–Crippen LogP) is 0.422. The van der Waals surface area contributed by atoms with Gasteiger partial charge in [0.2, 0.25) is 0 Å². The molecule has 0 bridgehead atoms. The summed E-state index contributed by atoms with van der Waals surface area (Å²) in [6, 6.07) is 0. The van der Waals surface area contributed by atoms with Gasteiger partial charge in [-0.2, -0.15) is 0 Å². The van der Waals surface area contributed by atoms with E-state index in [1.54, 1.807) is 0 Å². The largest absolute Gasteiger partial charge is 0.389 e. The summed E-state index contributed by atoms with van der Waals surface area (Å²) in [5, 5.41) is 17.9. The topological polar surface area (TPSA) is 40.5 Å². The summed E-state index contributed by atoms with van der Waals surface area (Å²) in [7, 11) is 1.42. The van der Waals surface area contributed by atoms with Crippen molar-refractivity contribution < 1.29 is 10.2 Å². The summed E-state index contributed by atoms with van der Waals surface area (Å²) in [5.41, 5.74) is 0. The minimum Gasteiger partial charge on any atom is -0.389 e. The maximum absolute atomic E-state index is 8.97. The van der Waals surface area contributed by atoms with Crippen LogP contribution in [-0.4, -0.2) is 40.9 Å². The molecule has 2 unspecified atom stereocenters. The lowest BCUT2D eigenvalue weighted by Gasteiger charge is -2.09. The van der Waals surface area contributed by atoms with Gasteiger partial charge in [0.1, 0.15) is 5.85 Å². The van der Waals surface area contributed by atoms with Crippen LogP contribution in [0.15, 0.2) is 0 Å². The Morgan fingerprint density at radius 1 is 1.33 bits per heavy atom. The predicted molar refractivity (Wildman–Crippen MR) is 45.0 cm³/mol. The van der Waals surface area contributed by atoms with Crippen LogP contribution in [0.25, 0.3) is 0 Å². The lowest BCUT2D eigenvalue weighted by molar-refractivity contribution is 0.0896. The average molecular weight is 164 g/mol. The fourth-order valence-corrected chi connectivity index (χ4v) is 1.33. The monoisotopic (exact) mass is 164 g/mol. The first-order valence-electron chi connectivity index (χ1n) is 2.46. The maximum Gasteiger partial charge on any atom is 0.121 e. The van der Waals surface area contributed by atoms with E-state index in [4.69, 9.17) is 10.2 Å². The Morgan fingerprint density at radius 3 is 2.22 bits per heavy atom. The zero-order valence-corrected chi connectivity index (χ0v) is 6.85. The summed E-state index contributed by atoms with van der Waals surface area (Å²) in [5.74, 6) is -0.709. The van der Waals surface area contributed by atoms with E-state index in [-0.39, 0.29) is 0 Å². The summed E-state index contributed by atoms with van der Waals surface area (Å²) in [6.07, 6.45) is 6.80. The highest BCUT2D eigenvalue weighted by Gasteiger charge is 2.09. The molecule has 0 heterocycles. The van der Waals surface area contributed by atoms with Crippen molar-refractivity contribution in [3.8, 4) is 0 Å². The van der Waals surface area contributed by atoms with E-state index < -0.39 is 11.9 Å². The molecule has 0 saturated heterocycles. The van der Waals surface area contributed by atoms with E-state index in [1.165, 1.54) is 0 Å². The van der Waals surface area contributed by atoms with E-state index in [2.05, 4.69) is 12.6 Å². The molecule has 9 heavy (non-hydrogen) atoms. The van der Waals surface area contributed by atoms with Crippen molar-refractivity contribution in [2.24, 2.45) is 0 Å². The second kappa shape index (κ2) is 5.08. The van der Waals surface area contributed by atoms with Gasteiger partial charge in [0, 0.05) is 6.16 Å². The highest BCUT2D eigenvalue weighted by Crippen LogP contribution is 2.10. The van der Waals surface area contributed by atoms with Gasteiger partial charge in [-0.05, 0) is 0 Å². The Labute approximate surface area is 58.1 Å². The van der Waals surface area contributed by atoms with E-state index in [9.17, 15) is 0 Å². The molecule has 0 spiro atoms. The highest BCUT2D eigenvalue weighted by atomic mass is 31.1. The number of aliphatic hydroxyl groups excluding tert-OH is 2. The van der Waals surface area contributed by atoms with E-state index in [1.807, 2.05) is 0 Å². The third-order valence-electron chi connectivity index (χ3n) is 0.847. The van der Waals surface area contributed by atoms with Crippen LogP contribution in [0.4, 0.5) is 0 Å². The highest BCUT2D eigenvalue weighted by molar-refractivity contribution is 7.38. The Hall–Kier alpha value is 0.260. The smallest absolute Gasteiger partial charge is 0.121 e. The second-order valence-electron chi connectivity index (χ2n) is 1.57. The van der Waals surface area contributed by atoms with Gasteiger partial charge < -0.3 is 10.2 Å². The van der Waals surface area contributed by atoms with Gasteiger partial charge in [0.15, 0.2) is 0 Å². The van der Waals surface area contributed by atoms with Gasteiger partial charge in [-0.25, -0.2) is 0 Å². The third kappa shape index (κ3) is 3.77. The molecule has 0 aromatic heterocycles. The molecule has 52 valence electrons. The third-order valence-corrected chi connectivity index (χ3v) is 2.20. The molecule has 0 aliphatic rings. The molecule has 2 nitrogen and oxygen atoms in total. The summed E-state index contributed by atoms with van der Waals surface area (Å²) >= 11 is 0. The van der Waals surface area contributed by atoms with Gasteiger partial charge in [-0.3, -0.25) is 0 Å². The number of aliphatic hydroxyl groups is 2. The van der Waals surface area contributed by atoms with Crippen molar-refractivity contribution in [2.75, 3.05) is 6.16 Å². The van der Waals surface area contributed by atoms with Crippen LogP contribution in [0, 0.1) is 0 Å². The van der Waals surface area contributed by atoms with Crippen molar-refractivity contribution in [3.63, 3.8) is 0 Å². The van der Waals surface area contributed by atoms with Gasteiger partial charge >= 0.3 is 0 Å². The normalized spacial score (nSPS) is 18.0. The minimum atomic E-state index is -0.709. The lowest BCUT2D eigenvalue weighted by atomic mass is 10.4. The fourth-order valence-electron chi connectivity index (χ4n) is 0.348. The molecule has 4 heteroatoms. The van der Waals surface area contributed by atoms with Crippen LogP contribution in [0.1, 0.15) is 0 Å². The quantitative estimate of drug-likeness (QED) is 0.591. The zero-order valence-electron chi connectivity index (χ0n) is 5.06. The lowest BCUT2D eigenvalue weighted by Crippen LogP contribution is -2.21. The minimum absolute atomic E-state index is 0.518. The van der Waals surface area contributed by atoms with E-state index >= 15 is 0 Å². The Morgan fingerprint density at radius 2 is 1.89 bits per heavy atom. The summed E-state index contributed by atoms with van der Waals surface area (Å²) in [4.78, 5) is 0. The Kier molecular flexibility index (Phi) is 5.22. The molecule has 0 fully saturated rings. The van der Waals surface area contributed by atoms with Crippen LogP contribution < -0.4 is 0 Å². The first kappa shape index (κ1) is 9.26. The van der Waals surface area contributed by atoms with Gasteiger partial charge in [-0.1, -0.05) is 20.8 Å². The molecule has 0 saturated carbocycles. The molecule has 0 rings (SSSR count). The van der Waals surface area contributed by atoms with Crippen LogP contribution in [0.2, 0.25) is 0 Å². The average Bonchev–Trinajstić information content (AvgIpc) is 1.87. The van der Waals surface area contributed by atoms with Crippen LogP contribution >= 0.6 is 16.4 Å².